The Labute approximate surface area is 156 Å². The number of carbonyl (C=O) groups excluding carboxylic acids is 1. The van der Waals surface area contributed by atoms with Crippen molar-refractivity contribution >= 4 is 16.8 Å². The lowest BCUT2D eigenvalue weighted by Gasteiger charge is -2.10. The van der Waals surface area contributed by atoms with Gasteiger partial charge in [-0.2, -0.15) is 5.10 Å². The van der Waals surface area contributed by atoms with Gasteiger partial charge in [0.05, 0.1) is 17.4 Å². The Morgan fingerprint density at radius 2 is 1.89 bits per heavy atom. The molecule has 0 aliphatic rings. The van der Waals surface area contributed by atoms with Crippen LogP contribution in [0.4, 0.5) is 0 Å². The van der Waals surface area contributed by atoms with Gasteiger partial charge in [-0.1, -0.05) is 35.5 Å². The van der Waals surface area contributed by atoms with E-state index in [4.69, 9.17) is 0 Å². The first-order valence-electron chi connectivity index (χ1n) is 8.77. The molecule has 2 heterocycles. The summed E-state index contributed by atoms with van der Waals surface area (Å²) in [7, 11) is 3.55. The van der Waals surface area contributed by atoms with Crippen LogP contribution >= 0.6 is 0 Å². The van der Waals surface area contributed by atoms with Crippen molar-refractivity contribution in [1.29, 1.82) is 0 Å². The number of benzene rings is 2. The van der Waals surface area contributed by atoms with Gasteiger partial charge < -0.3 is 4.90 Å². The summed E-state index contributed by atoms with van der Waals surface area (Å²) < 4.78 is 1.73. The van der Waals surface area contributed by atoms with Crippen LogP contribution in [0.15, 0.2) is 54.7 Å². The third-order valence-electron chi connectivity index (χ3n) is 4.53. The fourth-order valence-electron chi connectivity index (χ4n) is 2.95. The molecule has 0 fully saturated rings. The predicted molar refractivity (Wildman–Crippen MR) is 103 cm³/mol. The Hall–Kier alpha value is -3.48. The largest absolute Gasteiger partial charge is 0.349 e. The fraction of sp³-hybridized carbons (Fsp3) is 0.200. The topological polar surface area (TPSA) is 79.7 Å². The second kappa shape index (κ2) is 7.03. The standard InChI is InChI=1S/C20H20N6O/c1-25(2)19(27)12-9-14-7-10-15(11-8-14)26-13-18(22-24-26)20-16-5-3-4-6-17(16)21-23-20/h3-8,10-11,13H,9,12H2,1-2H3,(H,21,23). The second-order valence-electron chi connectivity index (χ2n) is 6.62. The summed E-state index contributed by atoms with van der Waals surface area (Å²) in [5.41, 5.74) is 4.51. The van der Waals surface area contributed by atoms with E-state index in [0.29, 0.717) is 12.1 Å². The van der Waals surface area contributed by atoms with Crippen LogP contribution in [0.5, 0.6) is 0 Å². The molecule has 0 radical (unpaired) electrons. The van der Waals surface area contributed by atoms with Gasteiger partial charge in [0.1, 0.15) is 11.4 Å². The number of nitrogens with zero attached hydrogens (tertiary/aromatic N) is 5. The van der Waals surface area contributed by atoms with Gasteiger partial charge in [-0.15, -0.1) is 5.10 Å². The highest BCUT2D eigenvalue weighted by Gasteiger charge is 2.12. The summed E-state index contributed by atoms with van der Waals surface area (Å²) in [5, 5.41) is 16.9. The molecule has 0 bridgehead atoms. The number of hydrogen-bond acceptors (Lipinski definition) is 4. The molecule has 7 heteroatoms. The molecule has 0 spiro atoms. The van der Waals surface area contributed by atoms with Crippen molar-refractivity contribution < 1.29 is 4.79 Å². The highest BCUT2D eigenvalue weighted by Crippen LogP contribution is 2.24. The summed E-state index contributed by atoms with van der Waals surface area (Å²) in [4.78, 5) is 13.3. The quantitative estimate of drug-likeness (QED) is 0.593. The summed E-state index contributed by atoms with van der Waals surface area (Å²) in [6.45, 7) is 0. The van der Waals surface area contributed by atoms with Crippen LogP contribution < -0.4 is 0 Å². The minimum absolute atomic E-state index is 0.131. The van der Waals surface area contributed by atoms with Crippen molar-refractivity contribution in [2.24, 2.45) is 0 Å². The fourth-order valence-corrected chi connectivity index (χ4v) is 2.95. The number of aromatic amines is 1. The van der Waals surface area contributed by atoms with Gasteiger partial charge in [-0.25, -0.2) is 4.68 Å². The summed E-state index contributed by atoms with van der Waals surface area (Å²) in [6, 6.07) is 15.9. The Balaban J connectivity index is 1.52. The van der Waals surface area contributed by atoms with Crippen LogP contribution in [0.1, 0.15) is 12.0 Å². The maximum Gasteiger partial charge on any atom is 0.222 e. The van der Waals surface area contributed by atoms with E-state index in [1.807, 2.05) is 54.7 Å². The Morgan fingerprint density at radius 3 is 2.67 bits per heavy atom. The predicted octanol–water partition coefficient (Wildman–Crippen LogP) is 2.83. The molecule has 0 aliphatic heterocycles. The molecule has 2 aromatic heterocycles. The van der Waals surface area contributed by atoms with Gasteiger partial charge in [0.25, 0.3) is 0 Å². The van der Waals surface area contributed by atoms with Crippen molar-refractivity contribution in [2.45, 2.75) is 12.8 Å². The lowest BCUT2D eigenvalue weighted by atomic mass is 10.1. The maximum atomic E-state index is 11.7. The van der Waals surface area contributed by atoms with Gasteiger partial charge in [-0.3, -0.25) is 9.89 Å². The van der Waals surface area contributed by atoms with Crippen LogP contribution in [0.25, 0.3) is 28.0 Å². The number of aryl methyl sites for hydroxylation is 1. The van der Waals surface area contributed by atoms with E-state index < -0.39 is 0 Å². The van der Waals surface area contributed by atoms with Crippen LogP contribution in [0.2, 0.25) is 0 Å². The van der Waals surface area contributed by atoms with E-state index >= 15 is 0 Å². The highest BCUT2D eigenvalue weighted by molar-refractivity contribution is 5.91. The number of aromatic nitrogens is 5. The molecule has 1 N–H and O–H groups in total. The zero-order chi connectivity index (χ0) is 18.8. The summed E-state index contributed by atoms with van der Waals surface area (Å²) >= 11 is 0. The van der Waals surface area contributed by atoms with Crippen molar-refractivity contribution in [3.8, 4) is 17.1 Å². The molecule has 2 aromatic carbocycles. The zero-order valence-electron chi connectivity index (χ0n) is 15.3. The third-order valence-corrected chi connectivity index (χ3v) is 4.53. The smallest absolute Gasteiger partial charge is 0.222 e. The monoisotopic (exact) mass is 360 g/mol. The number of amides is 1. The van der Waals surface area contributed by atoms with Crippen LogP contribution in [0, 0.1) is 0 Å². The lowest BCUT2D eigenvalue weighted by molar-refractivity contribution is -0.128. The van der Waals surface area contributed by atoms with E-state index in [0.717, 1.165) is 34.3 Å². The molecule has 0 unspecified atom stereocenters. The van der Waals surface area contributed by atoms with E-state index in [2.05, 4.69) is 20.5 Å². The van der Waals surface area contributed by atoms with Crippen molar-refractivity contribution in [3.63, 3.8) is 0 Å². The number of carbonyl (C=O) groups is 1. The van der Waals surface area contributed by atoms with E-state index in [-0.39, 0.29) is 5.91 Å². The van der Waals surface area contributed by atoms with Crippen LogP contribution in [0.3, 0.4) is 0 Å². The summed E-state index contributed by atoms with van der Waals surface area (Å²) in [5.74, 6) is 0.131. The van der Waals surface area contributed by atoms with Gasteiger partial charge >= 0.3 is 0 Å². The number of nitrogens with one attached hydrogen (secondary N) is 1. The van der Waals surface area contributed by atoms with E-state index in [9.17, 15) is 4.79 Å². The van der Waals surface area contributed by atoms with Crippen LogP contribution in [-0.4, -0.2) is 50.1 Å². The van der Waals surface area contributed by atoms with Crippen molar-refractivity contribution in [2.75, 3.05) is 14.1 Å². The molecule has 0 saturated heterocycles. The first kappa shape index (κ1) is 17.0. The number of fused-ring (bicyclic) bond motifs is 1. The minimum Gasteiger partial charge on any atom is -0.349 e. The Kier molecular flexibility index (Phi) is 4.42. The molecule has 0 atom stereocenters. The molecule has 136 valence electrons. The number of H-pyrrole nitrogens is 1. The molecule has 1 amide bonds. The maximum absolute atomic E-state index is 11.7. The Morgan fingerprint density at radius 1 is 1.11 bits per heavy atom. The van der Waals surface area contributed by atoms with E-state index in [1.165, 1.54) is 0 Å². The molecule has 4 aromatic rings. The third kappa shape index (κ3) is 3.44. The second-order valence-corrected chi connectivity index (χ2v) is 6.62. The molecule has 0 aliphatic carbocycles. The molecule has 4 rings (SSSR count). The normalized spacial score (nSPS) is 11.0. The van der Waals surface area contributed by atoms with E-state index in [1.54, 1.807) is 23.7 Å². The highest BCUT2D eigenvalue weighted by atomic mass is 16.2. The lowest BCUT2D eigenvalue weighted by Crippen LogP contribution is -2.21. The zero-order valence-corrected chi connectivity index (χ0v) is 15.3. The van der Waals surface area contributed by atoms with Gasteiger partial charge in [-0.05, 0) is 30.2 Å². The average Bonchev–Trinajstić information content (AvgIpc) is 3.33. The van der Waals surface area contributed by atoms with Gasteiger partial charge in [0.15, 0.2) is 0 Å². The molecule has 0 saturated carbocycles. The number of rotatable bonds is 5. The van der Waals surface area contributed by atoms with Crippen molar-refractivity contribution in [1.82, 2.24) is 30.1 Å². The van der Waals surface area contributed by atoms with Gasteiger partial charge in [0, 0.05) is 25.9 Å². The van der Waals surface area contributed by atoms with Crippen LogP contribution in [-0.2, 0) is 11.2 Å². The first-order valence-corrected chi connectivity index (χ1v) is 8.77. The Bertz CT molecular complexity index is 1080. The SMILES string of the molecule is CN(C)C(=O)CCc1ccc(-n2cc(-c3n[nH]c4ccccc34)nn2)cc1. The summed E-state index contributed by atoms with van der Waals surface area (Å²) in [6.07, 6.45) is 3.10. The first-order chi connectivity index (χ1) is 13.1. The number of hydrogen-bond donors (Lipinski definition) is 1. The number of para-hydroxylation sites is 1. The van der Waals surface area contributed by atoms with Crippen molar-refractivity contribution in [3.05, 3.63) is 60.3 Å². The molecular formula is C20H20N6O. The molecule has 27 heavy (non-hydrogen) atoms. The average molecular weight is 360 g/mol. The minimum atomic E-state index is 0.131. The van der Waals surface area contributed by atoms with Gasteiger partial charge in [0.2, 0.25) is 5.91 Å². The molecule has 7 nitrogen and oxygen atoms in total. The molecular weight excluding hydrogens is 340 g/mol.